The van der Waals surface area contributed by atoms with E-state index in [2.05, 4.69) is 55.8 Å². The summed E-state index contributed by atoms with van der Waals surface area (Å²) < 4.78 is 20.9. The van der Waals surface area contributed by atoms with Gasteiger partial charge in [-0.3, -0.25) is 4.79 Å². The van der Waals surface area contributed by atoms with E-state index in [4.69, 9.17) is 5.26 Å². The average molecular weight is 554 g/mol. The number of aromatic nitrogens is 3. The Kier molecular flexibility index (Phi) is 10.8. The molecule has 0 radical (unpaired) electrons. The Hall–Kier alpha value is -3.49. The van der Waals surface area contributed by atoms with E-state index < -0.39 is 10.0 Å². The van der Waals surface area contributed by atoms with Crippen LogP contribution in [0.2, 0.25) is 0 Å². The molecule has 2 N–H and O–H groups in total. The molecule has 1 aliphatic carbocycles. The highest BCUT2D eigenvalue weighted by Crippen LogP contribution is 2.30. The summed E-state index contributed by atoms with van der Waals surface area (Å²) in [6, 6.07) is 12.2. The number of fused-ring (bicyclic) bond motifs is 1. The summed E-state index contributed by atoms with van der Waals surface area (Å²) >= 11 is 0. The Bertz CT molecular complexity index is 1380. The Balaban J connectivity index is 0.000000291. The van der Waals surface area contributed by atoms with Gasteiger partial charge in [0.25, 0.3) is 0 Å². The number of primary sulfonamides is 1. The second-order valence-corrected chi connectivity index (χ2v) is 11.8. The molecule has 1 aliphatic heterocycles. The summed E-state index contributed by atoms with van der Waals surface area (Å²) in [7, 11) is -3.17. The van der Waals surface area contributed by atoms with Crippen LogP contribution >= 0.6 is 0 Å². The minimum atomic E-state index is -3.17. The molecule has 0 spiro atoms. The molecular weight excluding hydrogens is 514 g/mol. The van der Waals surface area contributed by atoms with Crippen molar-refractivity contribution in [1.29, 1.82) is 5.26 Å². The van der Waals surface area contributed by atoms with Gasteiger partial charge in [-0.1, -0.05) is 45.1 Å². The maximum absolute atomic E-state index is 11.9. The molecule has 5 rings (SSSR count). The summed E-state index contributed by atoms with van der Waals surface area (Å²) in [4.78, 5) is 24.7. The number of hydrogen-bond acceptors (Lipinski definition) is 7. The van der Waals surface area contributed by atoms with Crippen molar-refractivity contribution in [2.75, 3.05) is 37.3 Å². The van der Waals surface area contributed by atoms with E-state index in [9.17, 15) is 13.2 Å². The second kappa shape index (κ2) is 14.1. The molecule has 1 amide bonds. The van der Waals surface area contributed by atoms with E-state index in [1.54, 1.807) is 11.1 Å². The fourth-order valence-corrected chi connectivity index (χ4v) is 4.89. The van der Waals surface area contributed by atoms with Crippen LogP contribution in [0.1, 0.15) is 51.3 Å². The number of nitriles is 1. The summed E-state index contributed by atoms with van der Waals surface area (Å²) in [6.07, 6.45) is 12.1. The Morgan fingerprint density at radius 2 is 1.77 bits per heavy atom. The van der Waals surface area contributed by atoms with Crippen LogP contribution in [0, 0.1) is 24.2 Å². The lowest BCUT2D eigenvalue weighted by molar-refractivity contribution is -0.130. The van der Waals surface area contributed by atoms with Gasteiger partial charge in [0.1, 0.15) is 18.1 Å². The van der Waals surface area contributed by atoms with Crippen molar-refractivity contribution in [3.05, 3.63) is 48.5 Å². The number of nitrogens with zero attached hydrogens (tertiary/aromatic N) is 6. The zero-order valence-electron chi connectivity index (χ0n) is 23.1. The van der Waals surface area contributed by atoms with E-state index in [0.29, 0.717) is 13.1 Å². The van der Waals surface area contributed by atoms with Crippen LogP contribution in [0.25, 0.3) is 16.7 Å². The van der Waals surface area contributed by atoms with Crippen LogP contribution in [0.3, 0.4) is 0 Å². The number of carbonyl (C=O) groups excluding carboxylic acids is 1. The highest BCUT2D eigenvalue weighted by atomic mass is 32.2. The van der Waals surface area contributed by atoms with E-state index in [1.807, 2.05) is 25.3 Å². The number of benzene rings is 1. The number of sulfonamides is 1. The van der Waals surface area contributed by atoms with Crippen molar-refractivity contribution in [3.8, 4) is 11.9 Å². The predicted molar refractivity (Wildman–Crippen MR) is 154 cm³/mol. The first-order valence-electron chi connectivity index (χ1n) is 13.3. The molecule has 210 valence electrons. The number of carbonyl (C=O) groups is 1. The van der Waals surface area contributed by atoms with Crippen molar-refractivity contribution in [1.82, 2.24) is 19.4 Å². The third-order valence-corrected chi connectivity index (χ3v) is 6.82. The SMILES string of the molecule is CC1CCCCC1.CS(N)(=O)=O.Cc1nccc(-n2ccc3c(N4CCN(C(=O)CC#N)CC4)cccc32)n1. The van der Waals surface area contributed by atoms with E-state index in [-0.39, 0.29) is 12.3 Å². The first-order chi connectivity index (χ1) is 18.6. The van der Waals surface area contributed by atoms with Gasteiger partial charge in [0.15, 0.2) is 0 Å². The summed E-state index contributed by atoms with van der Waals surface area (Å²) in [6.45, 7) is 7.04. The quantitative estimate of drug-likeness (QED) is 0.521. The molecule has 3 aromatic rings. The maximum Gasteiger partial charge on any atom is 0.236 e. The third kappa shape index (κ3) is 9.33. The monoisotopic (exact) mass is 553 g/mol. The minimum absolute atomic E-state index is 0.0449. The molecule has 10 nitrogen and oxygen atoms in total. The number of hydrogen-bond donors (Lipinski definition) is 1. The Morgan fingerprint density at radius 1 is 1.10 bits per heavy atom. The lowest BCUT2D eigenvalue weighted by Crippen LogP contribution is -2.48. The van der Waals surface area contributed by atoms with E-state index >= 15 is 0 Å². The van der Waals surface area contributed by atoms with Crippen molar-refractivity contribution in [2.24, 2.45) is 11.1 Å². The zero-order valence-corrected chi connectivity index (χ0v) is 23.9. The highest BCUT2D eigenvalue weighted by Gasteiger charge is 2.22. The topological polar surface area (TPSA) is 138 Å². The van der Waals surface area contributed by atoms with Crippen LogP contribution in [0.4, 0.5) is 5.69 Å². The summed E-state index contributed by atoms with van der Waals surface area (Å²) in [5.74, 6) is 2.54. The molecule has 0 atom stereocenters. The molecular formula is C28H39N7O3S. The smallest absolute Gasteiger partial charge is 0.236 e. The first-order valence-corrected chi connectivity index (χ1v) is 15.3. The highest BCUT2D eigenvalue weighted by molar-refractivity contribution is 7.88. The average Bonchev–Trinajstić information content (AvgIpc) is 3.33. The van der Waals surface area contributed by atoms with Gasteiger partial charge in [0.05, 0.1) is 17.8 Å². The van der Waals surface area contributed by atoms with Gasteiger partial charge in [-0.2, -0.15) is 5.26 Å². The van der Waals surface area contributed by atoms with Crippen molar-refractivity contribution in [2.45, 2.75) is 52.4 Å². The van der Waals surface area contributed by atoms with Crippen LogP contribution < -0.4 is 10.0 Å². The maximum atomic E-state index is 11.9. The van der Waals surface area contributed by atoms with Crippen LogP contribution in [-0.4, -0.2) is 66.2 Å². The largest absolute Gasteiger partial charge is 0.367 e. The summed E-state index contributed by atoms with van der Waals surface area (Å²) in [5, 5.41) is 14.2. The molecule has 2 aliphatic rings. The summed E-state index contributed by atoms with van der Waals surface area (Å²) in [5.41, 5.74) is 2.25. The van der Waals surface area contributed by atoms with Crippen LogP contribution in [-0.2, 0) is 14.8 Å². The van der Waals surface area contributed by atoms with Gasteiger partial charge in [-0.15, -0.1) is 0 Å². The van der Waals surface area contributed by atoms with Crippen molar-refractivity contribution in [3.63, 3.8) is 0 Å². The fraction of sp³-hybridized carbons (Fsp3) is 0.500. The number of rotatable bonds is 3. The van der Waals surface area contributed by atoms with Crippen molar-refractivity contribution >= 4 is 32.5 Å². The molecule has 39 heavy (non-hydrogen) atoms. The van der Waals surface area contributed by atoms with E-state index in [1.165, 1.54) is 32.1 Å². The molecule has 2 aromatic heterocycles. The minimum Gasteiger partial charge on any atom is -0.367 e. The van der Waals surface area contributed by atoms with Crippen LogP contribution in [0.15, 0.2) is 42.7 Å². The standard InChI is InChI=1S/C20H20N6O.C7H14.CH5NO2S/c1-15-22-9-6-19(23-15)26-10-7-16-17(3-2-4-18(16)26)24-11-13-25(14-12-24)20(27)5-8-21;1-7-5-3-2-4-6-7;1-5(2,3)4/h2-4,6-7,9-10H,5,11-14H2,1H3;7H,2-6H2,1H3;1H3,(H2,2,3,4). The fourth-order valence-electron chi connectivity index (χ4n) is 4.89. The Morgan fingerprint density at radius 3 is 2.33 bits per heavy atom. The zero-order chi connectivity index (χ0) is 28.4. The van der Waals surface area contributed by atoms with Gasteiger partial charge in [-0.25, -0.2) is 23.5 Å². The molecule has 11 heteroatoms. The molecule has 3 heterocycles. The van der Waals surface area contributed by atoms with Crippen LogP contribution in [0.5, 0.6) is 0 Å². The van der Waals surface area contributed by atoms with Crippen molar-refractivity contribution < 1.29 is 13.2 Å². The Labute approximate surface area is 231 Å². The molecule has 1 saturated heterocycles. The number of nitrogens with two attached hydrogens (primary N) is 1. The normalized spacial score (nSPS) is 16.0. The predicted octanol–water partition coefficient (Wildman–Crippen LogP) is 3.78. The van der Waals surface area contributed by atoms with Gasteiger partial charge in [0, 0.05) is 49.6 Å². The number of amides is 1. The van der Waals surface area contributed by atoms with Gasteiger partial charge < -0.3 is 14.4 Å². The molecule has 0 bridgehead atoms. The van der Waals surface area contributed by atoms with Gasteiger partial charge in [0.2, 0.25) is 15.9 Å². The number of aryl methyl sites for hydroxylation is 1. The van der Waals surface area contributed by atoms with Gasteiger partial charge in [-0.05, 0) is 37.1 Å². The lowest BCUT2D eigenvalue weighted by atomic mass is 9.91. The van der Waals surface area contributed by atoms with Gasteiger partial charge >= 0.3 is 0 Å². The molecule has 2 fully saturated rings. The third-order valence-electron chi connectivity index (χ3n) is 6.82. The number of anilines is 1. The second-order valence-electron chi connectivity index (χ2n) is 10.1. The number of piperazine rings is 1. The van der Waals surface area contributed by atoms with E-state index in [0.717, 1.165) is 53.5 Å². The first kappa shape index (κ1) is 30.1. The lowest BCUT2D eigenvalue weighted by Gasteiger charge is -2.36. The molecule has 1 aromatic carbocycles. The molecule has 1 saturated carbocycles. The molecule has 0 unspecified atom stereocenters.